The van der Waals surface area contributed by atoms with E-state index in [9.17, 15) is 9.18 Å². The van der Waals surface area contributed by atoms with Crippen LogP contribution in [0.15, 0.2) is 43.0 Å². The Bertz CT molecular complexity index is 1690. The average Bonchev–Trinajstić information content (AvgIpc) is 3.03. The molecule has 1 amide bonds. The fraction of sp³-hybridized carbons (Fsp3) is 0.471. The van der Waals surface area contributed by atoms with Gasteiger partial charge in [-0.25, -0.2) is 11.0 Å². The van der Waals surface area contributed by atoms with Crippen LogP contribution in [0.5, 0.6) is 6.01 Å². The van der Waals surface area contributed by atoms with Crippen LogP contribution in [-0.4, -0.2) is 104 Å². The second kappa shape index (κ2) is 13.0. The lowest BCUT2D eigenvalue weighted by Crippen LogP contribution is -2.56. The number of hydrogen-bond donors (Lipinski definition) is 0. The average molecular weight is 648 g/mol. The van der Waals surface area contributed by atoms with Crippen LogP contribution in [0.1, 0.15) is 18.2 Å². The van der Waals surface area contributed by atoms with Crippen molar-refractivity contribution in [2.24, 2.45) is 5.41 Å². The Morgan fingerprint density at radius 3 is 2.78 bits per heavy atom. The SMILES string of the molecule is [C-]#[N+]C[C@H]1CN(c2nc(OCC3(CN(C)C)COC3)nc3c2C[C@H](C)N(c2cccc4ccc(F)c(Cl)c24)C3)CCN1C(=O)C=C. The Balaban J connectivity index is 1.38. The van der Waals surface area contributed by atoms with Gasteiger partial charge in [-0.1, -0.05) is 36.4 Å². The highest BCUT2D eigenvalue weighted by atomic mass is 35.5. The predicted octanol–water partition coefficient (Wildman–Crippen LogP) is 4.45. The first-order valence-electron chi connectivity index (χ1n) is 15.5. The Morgan fingerprint density at radius 1 is 1.28 bits per heavy atom. The van der Waals surface area contributed by atoms with E-state index in [4.69, 9.17) is 37.6 Å². The lowest BCUT2D eigenvalue weighted by Gasteiger charge is -2.43. The summed E-state index contributed by atoms with van der Waals surface area (Å²) in [4.78, 5) is 34.4. The maximum absolute atomic E-state index is 14.7. The van der Waals surface area contributed by atoms with Crippen LogP contribution < -0.4 is 14.5 Å². The zero-order chi connectivity index (χ0) is 32.6. The van der Waals surface area contributed by atoms with Crippen LogP contribution in [-0.2, 0) is 22.5 Å². The van der Waals surface area contributed by atoms with Gasteiger partial charge >= 0.3 is 6.01 Å². The minimum Gasteiger partial charge on any atom is -0.463 e. The van der Waals surface area contributed by atoms with Gasteiger partial charge in [-0.05, 0) is 51.0 Å². The van der Waals surface area contributed by atoms with E-state index in [1.165, 1.54) is 12.1 Å². The summed E-state index contributed by atoms with van der Waals surface area (Å²) in [6, 6.07) is 9.01. The zero-order valence-electron chi connectivity index (χ0n) is 26.5. The summed E-state index contributed by atoms with van der Waals surface area (Å²) in [7, 11) is 4.07. The number of ether oxygens (including phenoxy) is 2. The van der Waals surface area contributed by atoms with Gasteiger partial charge in [0.15, 0.2) is 0 Å². The predicted molar refractivity (Wildman–Crippen MR) is 177 cm³/mol. The molecule has 6 rings (SSSR count). The molecule has 10 nitrogen and oxygen atoms in total. The smallest absolute Gasteiger partial charge is 0.318 e. The fourth-order valence-electron chi connectivity index (χ4n) is 6.95. The molecule has 2 saturated heterocycles. The Kier molecular flexibility index (Phi) is 9.06. The molecule has 0 spiro atoms. The van der Waals surface area contributed by atoms with Gasteiger partial charge in [-0.3, -0.25) is 4.79 Å². The number of nitrogens with zero attached hydrogens (tertiary/aromatic N) is 7. The van der Waals surface area contributed by atoms with Crippen molar-refractivity contribution in [3.8, 4) is 6.01 Å². The summed E-state index contributed by atoms with van der Waals surface area (Å²) in [5.74, 6) is 0.132. The maximum Gasteiger partial charge on any atom is 0.318 e. The highest BCUT2D eigenvalue weighted by molar-refractivity contribution is 6.36. The Morgan fingerprint density at radius 2 is 2.09 bits per heavy atom. The Hall–Kier alpha value is -3.98. The van der Waals surface area contributed by atoms with E-state index in [0.29, 0.717) is 57.8 Å². The molecular weight excluding hydrogens is 609 g/mol. The number of benzene rings is 2. The molecule has 46 heavy (non-hydrogen) atoms. The van der Waals surface area contributed by atoms with Crippen molar-refractivity contribution < 1.29 is 18.7 Å². The molecule has 2 aromatic carbocycles. The second-order valence-corrected chi connectivity index (χ2v) is 13.2. The van der Waals surface area contributed by atoms with Gasteiger partial charge in [0.25, 0.3) is 0 Å². The van der Waals surface area contributed by atoms with E-state index in [2.05, 4.69) is 33.0 Å². The third kappa shape index (κ3) is 6.09. The van der Waals surface area contributed by atoms with E-state index in [1.54, 1.807) is 11.0 Å². The number of aromatic nitrogens is 2. The van der Waals surface area contributed by atoms with E-state index in [-0.39, 0.29) is 41.0 Å². The molecule has 2 atom stereocenters. The molecular formula is C34H39ClFN7O3. The van der Waals surface area contributed by atoms with Gasteiger partial charge in [0.05, 0.1) is 35.9 Å². The first kappa shape index (κ1) is 32.0. The van der Waals surface area contributed by atoms with Crippen LogP contribution in [0, 0.1) is 17.8 Å². The highest BCUT2D eigenvalue weighted by Gasteiger charge is 2.41. The molecule has 0 N–H and O–H groups in total. The second-order valence-electron chi connectivity index (χ2n) is 12.9. The van der Waals surface area contributed by atoms with Crippen molar-refractivity contribution in [3.63, 3.8) is 0 Å². The summed E-state index contributed by atoms with van der Waals surface area (Å²) in [6.07, 6.45) is 1.94. The minimum absolute atomic E-state index is 0.0182. The third-order valence-corrected chi connectivity index (χ3v) is 9.51. The van der Waals surface area contributed by atoms with Crippen LogP contribution >= 0.6 is 11.6 Å². The summed E-state index contributed by atoms with van der Waals surface area (Å²) in [6.45, 7) is 17.8. The number of rotatable bonds is 9. The fourth-order valence-corrected chi connectivity index (χ4v) is 7.22. The van der Waals surface area contributed by atoms with E-state index >= 15 is 0 Å². The molecule has 3 aliphatic rings. The van der Waals surface area contributed by atoms with E-state index in [1.807, 2.05) is 32.3 Å². The first-order chi connectivity index (χ1) is 22.1. The summed E-state index contributed by atoms with van der Waals surface area (Å²) < 4.78 is 26.6. The topological polar surface area (TPSA) is 78.6 Å². The normalized spacial score (nSPS) is 20.7. The van der Waals surface area contributed by atoms with Gasteiger partial charge in [0.1, 0.15) is 24.3 Å². The Labute approximate surface area is 274 Å². The summed E-state index contributed by atoms with van der Waals surface area (Å²) in [5.41, 5.74) is 2.52. The molecule has 0 unspecified atom stereocenters. The molecule has 1 aromatic heterocycles. The van der Waals surface area contributed by atoms with Crippen molar-refractivity contribution in [1.82, 2.24) is 19.8 Å². The number of fused-ring (bicyclic) bond motifs is 2. The quantitative estimate of drug-likeness (QED) is 0.249. The number of hydrogen-bond acceptors (Lipinski definition) is 8. The van der Waals surface area contributed by atoms with Crippen molar-refractivity contribution in [2.75, 3.05) is 76.4 Å². The van der Waals surface area contributed by atoms with Crippen molar-refractivity contribution in [2.45, 2.75) is 32.0 Å². The van der Waals surface area contributed by atoms with Crippen molar-refractivity contribution in [3.05, 3.63) is 76.5 Å². The van der Waals surface area contributed by atoms with Gasteiger partial charge in [0.2, 0.25) is 12.5 Å². The highest BCUT2D eigenvalue weighted by Crippen LogP contribution is 2.40. The maximum atomic E-state index is 14.7. The van der Waals surface area contributed by atoms with E-state index < -0.39 is 5.82 Å². The molecule has 0 bridgehead atoms. The van der Waals surface area contributed by atoms with Crippen LogP contribution in [0.4, 0.5) is 15.9 Å². The third-order valence-electron chi connectivity index (χ3n) is 9.14. The molecule has 0 saturated carbocycles. The molecule has 2 fully saturated rings. The first-order valence-corrected chi connectivity index (χ1v) is 15.9. The number of carbonyl (C=O) groups is 1. The van der Waals surface area contributed by atoms with Gasteiger partial charge < -0.3 is 33.9 Å². The van der Waals surface area contributed by atoms with Gasteiger partial charge in [-0.2, -0.15) is 9.97 Å². The molecule has 242 valence electrons. The lowest BCUT2D eigenvalue weighted by molar-refractivity contribution is -0.140. The number of anilines is 2. The van der Waals surface area contributed by atoms with Gasteiger partial charge in [-0.15, -0.1) is 0 Å². The number of carbonyl (C=O) groups excluding carboxylic acids is 1. The minimum atomic E-state index is -0.457. The molecule has 0 aliphatic carbocycles. The van der Waals surface area contributed by atoms with Crippen molar-refractivity contribution in [1.29, 1.82) is 0 Å². The molecule has 0 radical (unpaired) electrons. The van der Waals surface area contributed by atoms with Crippen molar-refractivity contribution >= 4 is 39.8 Å². The molecule has 3 aliphatic heterocycles. The van der Waals surface area contributed by atoms with Gasteiger partial charge in [0, 0.05) is 48.9 Å². The zero-order valence-corrected chi connectivity index (χ0v) is 27.3. The van der Waals surface area contributed by atoms with Crippen LogP contribution in [0.2, 0.25) is 5.02 Å². The standard InChI is InChI=1S/C34H39ClFN7O3/c1-6-29(44)42-13-12-41(16-24(42)15-37-3)32-25-14-22(2)43(28-9-7-8-23-10-11-26(36)31(35)30(23)28)17-27(25)38-33(39-32)46-21-34(18-40(4)5)19-45-20-34/h6-11,22,24H,1,12-21H2,2,4-5H3/t22-,24-/m0/s1. The molecule has 3 aromatic rings. The molecule has 12 heteroatoms. The molecule has 4 heterocycles. The van der Waals surface area contributed by atoms with Crippen LogP contribution in [0.3, 0.4) is 0 Å². The summed E-state index contributed by atoms with van der Waals surface area (Å²) >= 11 is 6.55. The van der Waals surface area contributed by atoms with Crippen LogP contribution in [0.25, 0.3) is 15.6 Å². The summed E-state index contributed by atoms with van der Waals surface area (Å²) in [5, 5.41) is 1.64. The number of halogens is 2. The van der Waals surface area contributed by atoms with E-state index in [0.717, 1.165) is 34.7 Å². The number of amides is 1. The monoisotopic (exact) mass is 647 g/mol. The largest absolute Gasteiger partial charge is 0.463 e. The number of piperazine rings is 1. The lowest BCUT2D eigenvalue weighted by atomic mass is 9.86.